The van der Waals surface area contributed by atoms with Gasteiger partial charge in [-0.05, 0) is 19.2 Å². The van der Waals surface area contributed by atoms with Gasteiger partial charge in [-0.2, -0.15) is 0 Å². The van der Waals surface area contributed by atoms with Crippen molar-refractivity contribution in [3.05, 3.63) is 42.2 Å². The molecule has 1 heterocycles. The van der Waals surface area contributed by atoms with Gasteiger partial charge in [0.1, 0.15) is 5.75 Å². The number of aromatic nitrogens is 2. The van der Waals surface area contributed by atoms with Crippen molar-refractivity contribution in [2.24, 2.45) is 0 Å². The lowest BCUT2D eigenvalue weighted by Gasteiger charge is -2.07. The summed E-state index contributed by atoms with van der Waals surface area (Å²) >= 11 is 0. The third kappa shape index (κ3) is 2.60. The molecule has 88 valence electrons. The second kappa shape index (κ2) is 5.41. The fraction of sp³-hybridized carbons (Fsp3) is 0.231. The number of hydrogen-bond donors (Lipinski definition) is 1. The number of hydrogen-bond acceptors (Lipinski definition) is 4. The molecule has 0 saturated carbocycles. The van der Waals surface area contributed by atoms with E-state index < -0.39 is 0 Å². The molecule has 0 bridgehead atoms. The van der Waals surface area contributed by atoms with Crippen LogP contribution in [0.4, 0.5) is 0 Å². The first kappa shape index (κ1) is 11.5. The number of rotatable bonds is 4. The molecule has 0 saturated heterocycles. The number of nitrogens with zero attached hydrogens (tertiary/aromatic N) is 2. The molecule has 1 aromatic carbocycles. The van der Waals surface area contributed by atoms with Gasteiger partial charge in [-0.3, -0.25) is 0 Å². The van der Waals surface area contributed by atoms with E-state index in [9.17, 15) is 0 Å². The lowest BCUT2D eigenvalue weighted by atomic mass is 10.2. The molecular formula is C13H15N3O. The van der Waals surface area contributed by atoms with Gasteiger partial charge in [-0.15, -0.1) is 0 Å². The molecule has 2 aromatic rings. The summed E-state index contributed by atoms with van der Waals surface area (Å²) in [6.07, 6.45) is 3.65. The minimum atomic E-state index is 0.683. The summed E-state index contributed by atoms with van der Waals surface area (Å²) in [6, 6.07) is 7.73. The summed E-state index contributed by atoms with van der Waals surface area (Å²) < 4.78 is 5.29. The van der Waals surface area contributed by atoms with Crippen LogP contribution in [0.25, 0.3) is 11.4 Å². The summed E-state index contributed by atoms with van der Waals surface area (Å²) in [6.45, 7) is 0.770. The highest BCUT2D eigenvalue weighted by molar-refractivity contribution is 5.63. The van der Waals surface area contributed by atoms with Crippen LogP contribution >= 0.6 is 0 Å². The molecule has 0 spiro atoms. The van der Waals surface area contributed by atoms with E-state index >= 15 is 0 Å². The molecule has 0 atom stereocenters. The first-order chi connectivity index (χ1) is 8.35. The van der Waals surface area contributed by atoms with Crippen molar-refractivity contribution in [2.45, 2.75) is 6.54 Å². The number of benzene rings is 1. The van der Waals surface area contributed by atoms with Crippen LogP contribution in [0.2, 0.25) is 0 Å². The Hall–Kier alpha value is -1.94. The Kier molecular flexibility index (Phi) is 3.67. The highest BCUT2D eigenvalue weighted by atomic mass is 16.5. The van der Waals surface area contributed by atoms with Gasteiger partial charge in [0.2, 0.25) is 0 Å². The van der Waals surface area contributed by atoms with Crippen molar-refractivity contribution in [1.29, 1.82) is 0 Å². The van der Waals surface area contributed by atoms with Crippen LogP contribution in [0.5, 0.6) is 5.75 Å². The Morgan fingerprint density at radius 3 is 2.53 bits per heavy atom. The fourth-order valence-electron chi connectivity index (χ4n) is 1.62. The maximum atomic E-state index is 5.29. The molecule has 1 aromatic heterocycles. The predicted octanol–water partition coefficient (Wildman–Crippen LogP) is 1.87. The van der Waals surface area contributed by atoms with Crippen LogP contribution in [0.3, 0.4) is 0 Å². The first-order valence-corrected chi connectivity index (χ1v) is 5.44. The van der Waals surface area contributed by atoms with E-state index in [2.05, 4.69) is 15.3 Å². The Morgan fingerprint density at radius 1 is 1.18 bits per heavy atom. The van der Waals surface area contributed by atoms with Crippen LogP contribution in [-0.4, -0.2) is 24.1 Å². The van der Waals surface area contributed by atoms with Gasteiger partial charge in [-0.1, -0.05) is 12.1 Å². The maximum absolute atomic E-state index is 5.29. The summed E-state index contributed by atoms with van der Waals surface area (Å²) in [5.41, 5.74) is 1.97. The highest BCUT2D eigenvalue weighted by Gasteiger charge is 2.07. The van der Waals surface area contributed by atoms with Crippen molar-refractivity contribution in [3.63, 3.8) is 0 Å². The van der Waals surface area contributed by atoms with Crippen LogP contribution < -0.4 is 10.1 Å². The molecule has 1 N–H and O–H groups in total. The van der Waals surface area contributed by atoms with Crippen molar-refractivity contribution in [1.82, 2.24) is 15.3 Å². The van der Waals surface area contributed by atoms with Gasteiger partial charge in [0.05, 0.1) is 12.7 Å². The Morgan fingerprint density at radius 2 is 1.88 bits per heavy atom. The van der Waals surface area contributed by atoms with Crippen LogP contribution in [-0.2, 0) is 6.54 Å². The molecule has 0 fully saturated rings. The average molecular weight is 229 g/mol. The third-order valence-corrected chi connectivity index (χ3v) is 2.43. The first-order valence-electron chi connectivity index (χ1n) is 5.44. The molecule has 0 amide bonds. The van der Waals surface area contributed by atoms with Crippen LogP contribution in [0.15, 0.2) is 36.7 Å². The molecule has 0 aliphatic carbocycles. The molecule has 4 nitrogen and oxygen atoms in total. The Labute approximate surface area is 101 Å². The fourth-order valence-corrected chi connectivity index (χ4v) is 1.62. The zero-order valence-corrected chi connectivity index (χ0v) is 9.97. The van der Waals surface area contributed by atoms with Crippen LogP contribution in [0, 0.1) is 0 Å². The standard InChI is InChI=1S/C13H15N3O/c1-14-7-10-8-15-13(16-9-10)11-5-3-4-6-12(11)17-2/h3-6,8-9,14H,7H2,1-2H3. The van der Waals surface area contributed by atoms with Gasteiger partial charge in [0, 0.05) is 24.5 Å². The minimum Gasteiger partial charge on any atom is -0.496 e. The van der Waals surface area contributed by atoms with Gasteiger partial charge in [-0.25, -0.2) is 9.97 Å². The number of para-hydroxylation sites is 1. The molecule has 17 heavy (non-hydrogen) atoms. The van der Waals surface area contributed by atoms with E-state index in [1.165, 1.54) is 0 Å². The Balaban J connectivity index is 2.33. The zero-order chi connectivity index (χ0) is 12.1. The van der Waals surface area contributed by atoms with Gasteiger partial charge >= 0.3 is 0 Å². The quantitative estimate of drug-likeness (QED) is 0.869. The summed E-state index contributed by atoms with van der Waals surface area (Å²) in [5.74, 6) is 1.47. The normalized spacial score (nSPS) is 10.2. The van der Waals surface area contributed by atoms with Gasteiger partial charge < -0.3 is 10.1 Å². The molecule has 2 rings (SSSR count). The Bertz CT molecular complexity index is 482. The molecular weight excluding hydrogens is 214 g/mol. The topological polar surface area (TPSA) is 47.0 Å². The predicted molar refractivity (Wildman–Crippen MR) is 66.8 cm³/mol. The van der Waals surface area contributed by atoms with Crippen LogP contribution in [0.1, 0.15) is 5.56 Å². The molecule has 0 aliphatic heterocycles. The van der Waals surface area contributed by atoms with Crippen molar-refractivity contribution >= 4 is 0 Å². The second-order valence-electron chi connectivity index (χ2n) is 3.65. The van der Waals surface area contributed by atoms with Crippen molar-refractivity contribution in [2.75, 3.05) is 14.2 Å². The smallest absolute Gasteiger partial charge is 0.162 e. The van der Waals surface area contributed by atoms with E-state index in [4.69, 9.17) is 4.74 Å². The summed E-state index contributed by atoms with van der Waals surface area (Å²) in [5, 5.41) is 3.06. The molecule has 4 heteroatoms. The van der Waals surface area contributed by atoms with Gasteiger partial charge in [0.15, 0.2) is 5.82 Å². The largest absolute Gasteiger partial charge is 0.496 e. The number of ether oxygens (including phenoxy) is 1. The average Bonchev–Trinajstić information content (AvgIpc) is 2.40. The summed E-state index contributed by atoms with van der Waals surface area (Å²) in [7, 11) is 3.54. The monoisotopic (exact) mass is 229 g/mol. The number of nitrogens with one attached hydrogen (secondary N) is 1. The van der Waals surface area contributed by atoms with Gasteiger partial charge in [0.25, 0.3) is 0 Å². The maximum Gasteiger partial charge on any atom is 0.162 e. The minimum absolute atomic E-state index is 0.683. The van der Waals surface area contributed by atoms with E-state index in [1.807, 2.05) is 43.7 Å². The van der Waals surface area contributed by atoms with Crippen molar-refractivity contribution < 1.29 is 4.74 Å². The van der Waals surface area contributed by atoms with E-state index in [0.29, 0.717) is 5.82 Å². The zero-order valence-electron chi connectivity index (χ0n) is 9.97. The second-order valence-corrected chi connectivity index (χ2v) is 3.65. The van der Waals surface area contributed by atoms with E-state index in [0.717, 1.165) is 23.4 Å². The molecule has 0 radical (unpaired) electrons. The highest BCUT2D eigenvalue weighted by Crippen LogP contribution is 2.26. The molecule has 0 aliphatic rings. The SMILES string of the molecule is CNCc1cnc(-c2ccccc2OC)nc1. The van der Waals surface area contributed by atoms with E-state index in [1.54, 1.807) is 7.11 Å². The lowest BCUT2D eigenvalue weighted by molar-refractivity contribution is 0.416. The number of methoxy groups -OCH3 is 1. The van der Waals surface area contributed by atoms with Crippen molar-refractivity contribution in [3.8, 4) is 17.1 Å². The molecule has 0 unspecified atom stereocenters. The lowest BCUT2D eigenvalue weighted by Crippen LogP contribution is -2.06. The third-order valence-electron chi connectivity index (χ3n) is 2.43. The van der Waals surface area contributed by atoms with E-state index in [-0.39, 0.29) is 0 Å². The summed E-state index contributed by atoms with van der Waals surface area (Å²) in [4.78, 5) is 8.69.